The molecule has 0 spiro atoms. The molecule has 2 aromatic heterocycles. The van der Waals surface area contributed by atoms with Gasteiger partial charge in [0.2, 0.25) is 0 Å². The van der Waals surface area contributed by atoms with E-state index in [0.717, 1.165) is 0 Å². The van der Waals surface area contributed by atoms with Crippen LogP contribution in [0.3, 0.4) is 0 Å². The number of benzene rings is 1. The van der Waals surface area contributed by atoms with E-state index in [9.17, 15) is 19.3 Å². The monoisotopic (exact) mass is 386 g/mol. The number of hydrogen-bond donors (Lipinski definition) is 1. The van der Waals surface area contributed by atoms with E-state index in [1.807, 2.05) is 4.90 Å². The first-order valence-corrected chi connectivity index (χ1v) is 8.50. The van der Waals surface area contributed by atoms with Gasteiger partial charge in [0.25, 0.3) is 5.56 Å². The van der Waals surface area contributed by atoms with E-state index in [-0.39, 0.29) is 22.5 Å². The van der Waals surface area contributed by atoms with Crippen molar-refractivity contribution in [2.45, 2.75) is 0 Å². The second-order valence-corrected chi connectivity index (χ2v) is 6.14. The molecule has 1 N–H and O–H groups in total. The van der Waals surface area contributed by atoms with Gasteiger partial charge in [0.15, 0.2) is 0 Å². The molecule has 3 aromatic rings. The van der Waals surface area contributed by atoms with Gasteiger partial charge in [-0.2, -0.15) is 0 Å². The Hall–Kier alpha value is -3.53. The van der Waals surface area contributed by atoms with E-state index in [1.165, 1.54) is 36.4 Å². The quantitative estimate of drug-likeness (QED) is 0.541. The smallest absolute Gasteiger partial charge is 0.401 e. The minimum absolute atomic E-state index is 0.176. The maximum absolute atomic E-state index is 14.6. The van der Waals surface area contributed by atoms with Crippen molar-refractivity contribution in [2.24, 2.45) is 0 Å². The van der Waals surface area contributed by atoms with Gasteiger partial charge in [0.05, 0.1) is 35.9 Å². The van der Waals surface area contributed by atoms with Crippen LogP contribution in [0.1, 0.15) is 11.6 Å². The van der Waals surface area contributed by atoms with E-state index < -0.39 is 22.2 Å². The average Bonchev–Trinajstić information content (AvgIpc) is 3.16. The van der Waals surface area contributed by atoms with Crippen LogP contribution in [0.4, 0.5) is 16.0 Å². The fraction of sp³-hybridized carbons (Fsp3) is 0.222. The number of nitrogens with zero attached hydrogens (tertiary/aromatic N) is 3. The molecule has 1 saturated heterocycles. The van der Waals surface area contributed by atoms with Crippen molar-refractivity contribution in [1.82, 2.24) is 9.97 Å². The van der Waals surface area contributed by atoms with Crippen LogP contribution in [0, 0.1) is 15.9 Å². The van der Waals surface area contributed by atoms with E-state index in [4.69, 9.17) is 9.15 Å². The summed E-state index contributed by atoms with van der Waals surface area (Å²) in [7, 11) is 0. The Morgan fingerprint density at radius 1 is 1.25 bits per heavy atom. The molecule has 4 rings (SSSR count). The predicted molar refractivity (Wildman–Crippen MR) is 99.6 cm³/mol. The molecule has 1 aliphatic rings. The number of nitro groups is 1. The van der Waals surface area contributed by atoms with Crippen molar-refractivity contribution in [3.8, 4) is 0 Å². The molecule has 0 atom stereocenters. The summed E-state index contributed by atoms with van der Waals surface area (Å²) >= 11 is 0. The number of halogens is 1. The summed E-state index contributed by atoms with van der Waals surface area (Å²) in [6.07, 6.45) is 2.85. The molecule has 0 amide bonds. The number of nitrogens with one attached hydrogen (secondary N) is 1. The molecular weight excluding hydrogens is 371 g/mol. The minimum atomic E-state index is -0.650. The summed E-state index contributed by atoms with van der Waals surface area (Å²) in [5.41, 5.74) is 0.141. The largest absolute Gasteiger partial charge is 0.433 e. The lowest BCUT2D eigenvalue weighted by atomic mass is 10.2. The normalized spacial score (nSPS) is 14.8. The Balaban J connectivity index is 1.67. The van der Waals surface area contributed by atoms with Crippen molar-refractivity contribution < 1.29 is 18.5 Å². The van der Waals surface area contributed by atoms with Crippen LogP contribution in [0.15, 0.2) is 33.5 Å². The summed E-state index contributed by atoms with van der Waals surface area (Å²) in [5.74, 6) is -0.459. The van der Waals surface area contributed by atoms with Gasteiger partial charge in [-0.1, -0.05) is 0 Å². The first kappa shape index (κ1) is 17.9. The molecule has 0 aliphatic carbocycles. The van der Waals surface area contributed by atoms with Gasteiger partial charge in [0, 0.05) is 19.2 Å². The van der Waals surface area contributed by atoms with Crippen LogP contribution >= 0.6 is 0 Å². The summed E-state index contributed by atoms with van der Waals surface area (Å²) in [6, 6.07) is 5.36. The third kappa shape index (κ3) is 3.49. The number of furan rings is 1. The average molecular weight is 386 g/mol. The van der Waals surface area contributed by atoms with Gasteiger partial charge in [-0.25, -0.2) is 9.37 Å². The Labute approximate surface area is 157 Å². The van der Waals surface area contributed by atoms with E-state index in [0.29, 0.717) is 32.0 Å². The zero-order chi connectivity index (χ0) is 19.7. The highest BCUT2D eigenvalue weighted by atomic mass is 19.1. The number of H-pyrrole nitrogens is 1. The molecule has 28 heavy (non-hydrogen) atoms. The van der Waals surface area contributed by atoms with Crippen LogP contribution in [0.2, 0.25) is 0 Å². The molecule has 3 heterocycles. The number of morpholine rings is 1. The SMILES string of the molecule is O=c1[nH]c(/C=C/c2ccc([N+](=O)[O-])o2)nc2cc(F)c(N3CCOCC3)cc12. The third-order valence-corrected chi connectivity index (χ3v) is 4.34. The van der Waals surface area contributed by atoms with Crippen LogP contribution in [-0.2, 0) is 4.74 Å². The van der Waals surface area contributed by atoms with E-state index >= 15 is 0 Å². The lowest BCUT2D eigenvalue weighted by Crippen LogP contribution is -2.36. The van der Waals surface area contributed by atoms with E-state index in [1.54, 1.807) is 0 Å². The van der Waals surface area contributed by atoms with Gasteiger partial charge in [0.1, 0.15) is 22.3 Å². The Bertz CT molecular complexity index is 1130. The highest BCUT2D eigenvalue weighted by Gasteiger charge is 2.17. The van der Waals surface area contributed by atoms with Crippen molar-refractivity contribution in [1.29, 1.82) is 0 Å². The van der Waals surface area contributed by atoms with Gasteiger partial charge in [-0.05, 0) is 24.3 Å². The molecule has 144 valence electrons. The summed E-state index contributed by atoms with van der Waals surface area (Å²) in [4.78, 5) is 31.1. The summed E-state index contributed by atoms with van der Waals surface area (Å²) in [5, 5.41) is 10.9. The molecule has 10 heteroatoms. The molecule has 1 fully saturated rings. The number of rotatable bonds is 4. The Kier molecular flexibility index (Phi) is 4.62. The number of aromatic nitrogens is 2. The number of fused-ring (bicyclic) bond motifs is 1. The lowest BCUT2D eigenvalue weighted by molar-refractivity contribution is -0.402. The third-order valence-electron chi connectivity index (χ3n) is 4.34. The highest BCUT2D eigenvalue weighted by Crippen LogP contribution is 2.24. The lowest BCUT2D eigenvalue weighted by Gasteiger charge is -2.29. The van der Waals surface area contributed by atoms with Crippen molar-refractivity contribution in [3.63, 3.8) is 0 Å². The molecule has 0 saturated carbocycles. The standard InChI is InChI=1S/C18H15FN4O5/c19-13-10-14-12(9-15(13)22-5-7-27-8-6-22)18(24)21-16(20-14)3-1-11-2-4-17(28-11)23(25)26/h1-4,9-10H,5-8H2,(H,20,21,24)/b3-1+. The Morgan fingerprint density at radius 3 is 2.75 bits per heavy atom. The molecule has 0 radical (unpaired) electrons. The molecule has 0 unspecified atom stereocenters. The second kappa shape index (κ2) is 7.24. The number of anilines is 1. The van der Waals surface area contributed by atoms with Crippen LogP contribution in [0.25, 0.3) is 23.1 Å². The molecule has 1 aliphatic heterocycles. The van der Waals surface area contributed by atoms with Crippen molar-refractivity contribution in [2.75, 3.05) is 31.2 Å². The topological polar surface area (TPSA) is 114 Å². The predicted octanol–water partition coefficient (Wildman–Crippen LogP) is 2.57. The van der Waals surface area contributed by atoms with Crippen LogP contribution < -0.4 is 10.5 Å². The molecule has 0 bridgehead atoms. The molecule has 1 aromatic carbocycles. The van der Waals surface area contributed by atoms with Crippen molar-refractivity contribution >= 4 is 34.6 Å². The number of aromatic amines is 1. The maximum Gasteiger partial charge on any atom is 0.433 e. The first-order valence-electron chi connectivity index (χ1n) is 8.50. The Morgan fingerprint density at radius 2 is 2.04 bits per heavy atom. The maximum atomic E-state index is 14.6. The summed E-state index contributed by atoms with van der Waals surface area (Å²) < 4.78 is 24.8. The fourth-order valence-electron chi connectivity index (χ4n) is 2.98. The minimum Gasteiger partial charge on any atom is -0.401 e. The van der Waals surface area contributed by atoms with Gasteiger partial charge in [-0.15, -0.1) is 0 Å². The second-order valence-electron chi connectivity index (χ2n) is 6.14. The van der Waals surface area contributed by atoms with Gasteiger partial charge in [-0.3, -0.25) is 14.9 Å². The fourth-order valence-corrected chi connectivity index (χ4v) is 2.98. The first-order chi connectivity index (χ1) is 13.5. The summed E-state index contributed by atoms with van der Waals surface area (Å²) in [6.45, 7) is 2.09. The molecule has 9 nitrogen and oxygen atoms in total. The van der Waals surface area contributed by atoms with Crippen LogP contribution in [0.5, 0.6) is 0 Å². The molecular formula is C18H15FN4O5. The van der Waals surface area contributed by atoms with Crippen molar-refractivity contribution in [3.05, 3.63) is 62.1 Å². The zero-order valence-corrected chi connectivity index (χ0v) is 14.6. The van der Waals surface area contributed by atoms with Gasteiger partial charge < -0.3 is 19.0 Å². The highest BCUT2D eigenvalue weighted by molar-refractivity contribution is 5.83. The van der Waals surface area contributed by atoms with E-state index in [2.05, 4.69) is 9.97 Å². The zero-order valence-electron chi connectivity index (χ0n) is 14.6. The van der Waals surface area contributed by atoms with Crippen LogP contribution in [-0.4, -0.2) is 41.2 Å². The number of hydrogen-bond acceptors (Lipinski definition) is 7. The van der Waals surface area contributed by atoms with Gasteiger partial charge >= 0.3 is 5.88 Å². The number of ether oxygens (including phenoxy) is 1.